The van der Waals surface area contributed by atoms with Crippen LogP contribution in [0.15, 0.2) is 48.5 Å². The third kappa shape index (κ3) is 1.57. The Hall–Kier alpha value is -1.97. The topological polar surface area (TPSA) is 40.5 Å². The maximum atomic E-state index is 12.2. The number of hydrogen-bond donors (Lipinski definition) is 1. The Labute approximate surface area is 117 Å². The lowest BCUT2D eigenvalue weighted by atomic mass is 9.82. The number of carbonyl (C=O) groups excluding carboxylic acids is 1. The molecule has 100 valence electrons. The van der Waals surface area contributed by atoms with Gasteiger partial charge in [-0.05, 0) is 16.7 Å². The van der Waals surface area contributed by atoms with Gasteiger partial charge in [0, 0.05) is 12.1 Å². The maximum absolute atomic E-state index is 12.2. The molecule has 0 aliphatic carbocycles. The molecule has 0 bridgehead atoms. The Morgan fingerprint density at radius 1 is 0.950 bits per heavy atom. The van der Waals surface area contributed by atoms with E-state index in [1.807, 2.05) is 48.5 Å². The van der Waals surface area contributed by atoms with Crippen molar-refractivity contribution in [1.82, 2.24) is 4.90 Å². The summed E-state index contributed by atoms with van der Waals surface area (Å²) >= 11 is 0. The molecule has 1 N–H and O–H groups in total. The van der Waals surface area contributed by atoms with Crippen LogP contribution in [-0.2, 0) is 6.54 Å². The van der Waals surface area contributed by atoms with Gasteiger partial charge >= 0.3 is 0 Å². The van der Waals surface area contributed by atoms with Crippen LogP contribution < -0.4 is 0 Å². The van der Waals surface area contributed by atoms with Crippen molar-refractivity contribution in [3.05, 3.63) is 70.8 Å². The van der Waals surface area contributed by atoms with Gasteiger partial charge in [-0.25, -0.2) is 0 Å². The summed E-state index contributed by atoms with van der Waals surface area (Å²) in [5, 5.41) is 10.7. The lowest BCUT2D eigenvalue weighted by molar-refractivity contribution is 0.0213. The standard InChI is InChI=1S/C17H15NO2/c19-15-10-18-9-11-5-1-2-6-12(11)17(20)16(18)14-8-4-3-7-13(14)15/h1-8,16-17,20H,9-10H2. The van der Waals surface area contributed by atoms with E-state index in [0.29, 0.717) is 6.54 Å². The number of aliphatic hydroxyl groups excluding tert-OH is 1. The average Bonchev–Trinajstić information content (AvgIpc) is 2.47. The molecule has 2 unspecified atom stereocenters. The fourth-order valence-corrected chi connectivity index (χ4v) is 3.45. The van der Waals surface area contributed by atoms with E-state index in [1.54, 1.807) is 0 Å². The molecule has 3 nitrogen and oxygen atoms in total. The number of aliphatic hydroxyl groups is 1. The van der Waals surface area contributed by atoms with E-state index in [1.165, 1.54) is 0 Å². The first-order chi connectivity index (χ1) is 9.75. The molecule has 2 heterocycles. The van der Waals surface area contributed by atoms with Crippen molar-refractivity contribution in [2.75, 3.05) is 6.54 Å². The first kappa shape index (κ1) is 11.8. The Kier molecular flexibility index (Phi) is 2.52. The Bertz CT molecular complexity index is 695. The second-order valence-corrected chi connectivity index (χ2v) is 5.50. The zero-order valence-corrected chi connectivity index (χ0v) is 11.0. The molecule has 0 fully saturated rings. The highest BCUT2D eigenvalue weighted by molar-refractivity contribution is 6.00. The zero-order valence-electron chi connectivity index (χ0n) is 11.0. The van der Waals surface area contributed by atoms with E-state index in [2.05, 4.69) is 4.90 Å². The van der Waals surface area contributed by atoms with Gasteiger partial charge in [0.25, 0.3) is 0 Å². The third-order valence-corrected chi connectivity index (χ3v) is 4.37. The molecule has 2 aliphatic heterocycles. The molecule has 0 saturated heterocycles. The molecule has 2 atom stereocenters. The number of nitrogens with zero attached hydrogens (tertiary/aromatic N) is 1. The lowest BCUT2D eigenvalue weighted by Crippen LogP contribution is -2.44. The summed E-state index contributed by atoms with van der Waals surface area (Å²) < 4.78 is 0. The maximum Gasteiger partial charge on any atom is 0.177 e. The molecule has 0 aromatic heterocycles. The summed E-state index contributed by atoms with van der Waals surface area (Å²) in [6.07, 6.45) is -0.575. The molecule has 0 saturated carbocycles. The van der Waals surface area contributed by atoms with Crippen LogP contribution in [-0.4, -0.2) is 22.3 Å². The quantitative estimate of drug-likeness (QED) is 0.795. The van der Waals surface area contributed by atoms with Gasteiger partial charge in [-0.3, -0.25) is 9.69 Å². The summed E-state index contributed by atoms with van der Waals surface area (Å²) in [5.41, 5.74) is 3.80. The summed E-state index contributed by atoms with van der Waals surface area (Å²) in [4.78, 5) is 14.3. The van der Waals surface area contributed by atoms with Crippen LogP contribution >= 0.6 is 0 Å². The molecule has 3 heteroatoms. The van der Waals surface area contributed by atoms with Crippen LogP contribution in [0, 0.1) is 0 Å². The van der Waals surface area contributed by atoms with Crippen molar-refractivity contribution in [3.8, 4) is 0 Å². The number of hydrogen-bond acceptors (Lipinski definition) is 3. The van der Waals surface area contributed by atoms with E-state index in [0.717, 1.165) is 28.8 Å². The molecular formula is C17H15NO2. The summed E-state index contributed by atoms with van der Waals surface area (Å²) in [6, 6.07) is 15.5. The van der Waals surface area contributed by atoms with Crippen molar-refractivity contribution in [2.24, 2.45) is 0 Å². The highest BCUT2D eigenvalue weighted by Crippen LogP contribution is 2.44. The molecule has 0 amide bonds. The minimum atomic E-state index is -0.575. The van der Waals surface area contributed by atoms with Crippen LogP contribution in [0.3, 0.4) is 0 Å². The predicted molar refractivity (Wildman–Crippen MR) is 75.3 cm³/mol. The normalized spacial score (nSPS) is 24.8. The van der Waals surface area contributed by atoms with Crippen LogP contribution in [0.5, 0.6) is 0 Å². The summed E-state index contributed by atoms with van der Waals surface area (Å²) in [7, 11) is 0. The van der Waals surface area contributed by atoms with Gasteiger partial charge in [0.05, 0.1) is 18.7 Å². The van der Waals surface area contributed by atoms with Crippen molar-refractivity contribution < 1.29 is 9.90 Å². The minimum Gasteiger partial charge on any atom is -0.386 e. The number of carbonyl (C=O) groups is 1. The SMILES string of the molecule is O=C1CN2Cc3ccccc3C(O)C2c2ccccc21. The first-order valence-corrected chi connectivity index (χ1v) is 6.88. The smallest absolute Gasteiger partial charge is 0.177 e. The third-order valence-electron chi connectivity index (χ3n) is 4.37. The minimum absolute atomic E-state index is 0.112. The molecule has 2 aromatic rings. The van der Waals surface area contributed by atoms with Crippen LogP contribution in [0.1, 0.15) is 39.2 Å². The van der Waals surface area contributed by atoms with Gasteiger partial charge in [0.1, 0.15) is 0 Å². The van der Waals surface area contributed by atoms with Gasteiger partial charge in [0.2, 0.25) is 0 Å². The zero-order chi connectivity index (χ0) is 13.7. The Morgan fingerprint density at radius 2 is 1.65 bits per heavy atom. The summed E-state index contributed by atoms with van der Waals surface area (Å²) in [6.45, 7) is 1.10. The number of Topliss-reactive ketones (excluding diaryl/α,β-unsaturated/α-hetero) is 1. The van der Waals surface area contributed by atoms with Crippen LogP contribution in [0.2, 0.25) is 0 Å². The molecular weight excluding hydrogens is 250 g/mol. The summed E-state index contributed by atoms with van der Waals surface area (Å²) in [5.74, 6) is 0.142. The second-order valence-electron chi connectivity index (χ2n) is 5.50. The second kappa shape index (κ2) is 4.27. The fourth-order valence-electron chi connectivity index (χ4n) is 3.45. The number of ketones is 1. The predicted octanol–water partition coefficient (Wildman–Crippen LogP) is 2.47. The lowest BCUT2D eigenvalue weighted by Gasteiger charge is -2.43. The van der Waals surface area contributed by atoms with Gasteiger partial charge in [-0.1, -0.05) is 48.5 Å². The van der Waals surface area contributed by atoms with Gasteiger partial charge in [-0.2, -0.15) is 0 Å². The van der Waals surface area contributed by atoms with E-state index >= 15 is 0 Å². The van der Waals surface area contributed by atoms with Crippen molar-refractivity contribution in [3.63, 3.8) is 0 Å². The van der Waals surface area contributed by atoms with Crippen molar-refractivity contribution in [2.45, 2.75) is 18.7 Å². The molecule has 0 radical (unpaired) electrons. The van der Waals surface area contributed by atoms with Crippen molar-refractivity contribution in [1.29, 1.82) is 0 Å². The van der Waals surface area contributed by atoms with E-state index in [-0.39, 0.29) is 11.8 Å². The molecule has 4 rings (SSSR count). The van der Waals surface area contributed by atoms with E-state index in [9.17, 15) is 9.90 Å². The van der Waals surface area contributed by atoms with E-state index < -0.39 is 6.10 Å². The van der Waals surface area contributed by atoms with E-state index in [4.69, 9.17) is 0 Å². The molecule has 0 spiro atoms. The molecule has 2 aliphatic rings. The van der Waals surface area contributed by atoms with Crippen molar-refractivity contribution >= 4 is 5.78 Å². The highest BCUT2D eigenvalue weighted by Gasteiger charge is 2.40. The Balaban J connectivity index is 1.88. The van der Waals surface area contributed by atoms with Gasteiger partial charge in [-0.15, -0.1) is 0 Å². The average molecular weight is 265 g/mol. The monoisotopic (exact) mass is 265 g/mol. The Morgan fingerprint density at radius 3 is 2.50 bits per heavy atom. The number of fused-ring (bicyclic) bond motifs is 4. The first-order valence-electron chi connectivity index (χ1n) is 6.88. The fraction of sp³-hybridized carbons (Fsp3) is 0.235. The largest absolute Gasteiger partial charge is 0.386 e. The molecule has 2 aromatic carbocycles. The highest BCUT2D eigenvalue weighted by atomic mass is 16.3. The van der Waals surface area contributed by atoms with Gasteiger partial charge < -0.3 is 5.11 Å². The van der Waals surface area contributed by atoms with Crippen LogP contribution in [0.4, 0.5) is 0 Å². The van der Waals surface area contributed by atoms with Crippen LogP contribution in [0.25, 0.3) is 0 Å². The van der Waals surface area contributed by atoms with Gasteiger partial charge in [0.15, 0.2) is 5.78 Å². The molecule has 20 heavy (non-hydrogen) atoms. The number of benzene rings is 2. The number of rotatable bonds is 0.